The average Bonchev–Trinajstić information content (AvgIpc) is 2.83. The van der Waals surface area contributed by atoms with Gasteiger partial charge in [-0.15, -0.1) is 0 Å². The molecule has 0 aliphatic heterocycles. The fourth-order valence-electron chi connectivity index (χ4n) is 3.83. The Hall–Kier alpha value is -4.58. The topological polar surface area (TPSA) is 85.1 Å². The number of anilines is 1. The third-order valence-electron chi connectivity index (χ3n) is 5.37. The Labute approximate surface area is 183 Å². The Balaban J connectivity index is 1.56. The maximum Gasteiger partial charge on any atom is 0.274 e. The van der Waals surface area contributed by atoms with E-state index in [0.29, 0.717) is 11.4 Å². The minimum Gasteiger partial charge on any atom is -0.320 e. The van der Waals surface area contributed by atoms with Crippen molar-refractivity contribution in [1.82, 2.24) is 4.98 Å². The fourth-order valence-corrected chi connectivity index (χ4v) is 3.83. The van der Waals surface area contributed by atoms with E-state index < -0.39 is 4.92 Å². The number of fused-ring (bicyclic) bond motifs is 2. The first kappa shape index (κ1) is 19.4. The van der Waals surface area contributed by atoms with Gasteiger partial charge in [-0.05, 0) is 46.8 Å². The zero-order valence-electron chi connectivity index (χ0n) is 16.9. The molecule has 0 saturated carbocycles. The molecule has 5 rings (SSSR count). The highest BCUT2D eigenvalue weighted by molar-refractivity contribution is 6.12. The number of hydrogen-bond acceptors (Lipinski definition) is 4. The van der Waals surface area contributed by atoms with E-state index in [-0.39, 0.29) is 11.6 Å². The van der Waals surface area contributed by atoms with Crippen molar-refractivity contribution in [2.24, 2.45) is 0 Å². The first-order valence-electron chi connectivity index (χ1n) is 10.0. The number of non-ortho nitro benzene ring substituents is 1. The van der Waals surface area contributed by atoms with Crippen molar-refractivity contribution in [3.8, 4) is 11.1 Å². The number of benzene rings is 4. The summed E-state index contributed by atoms with van der Waals surface area (Å²) < 4.78 is 0. The Kier molecular flexibility index (Phi) is 4.80. The van der Waals surface area contributed by atoms with Crippen LogP contribution in [-0.4, -0.2) is 15.8 Å². The molecule has 0 spiro atoms. The van der Waals surface area contributed by atoms with Crippen LogP contribution in [0.3, 0.4) is 0 Å². The van der Waals surface area contributed by atoms with Gasteiger partial charge in [0.2, 0.25) is 0 Å². The van der Waals surface area contributed by atoms with E-state index in [1.165, 1.54) is 12.1 Å². The number of amides is 1. The molecule has 4 aromatic carbocycles. The number of rotatable bonds is 4. The maximum atomic E-state index is 13.0. The summed E-state index contributed by atoms with van der Waals surface area (Å²) in [4.78, 5) is 28.1. The van der Waals surface area contributed by atoms with E-state index in [2.05, 4.69) is 10.3 Å². The Bertz CT molecular complexity index is 1490. The number of nitrogens with zero attached hydrogens (tertiary/aromatic N) is 2. The summed E-state index contributed by atoms with van der Waals surface area (Å²) in [5.41, 5.74) is 3.46. The fraction of sp³-hybridized carbons (Fsp3) is 0. The van der Waals surface area contributed by atoms with Gasteiger partial charge in [0.15, 0.2) is 0 Å². The third kappa shape index (κ3) is 3.54. The van der Waals surface area contributed by atoms with E-state index in [9.17, 15) is 14.9 Å². The monoisotopic (exact) mass is 419 g/mol. The molecule has 6 nitrogen and oxygen atoms in total. The van der Waals surface area contributed by atoms with Crippen molar-refractivity contribution >= 4 is 39.0 Å². The van der Waals surface area contributed by atoms with Crippen molar-refractivity contribution in [1.29, 1.82) is 0 Å². The number of carbonyl (C=O) groups excluding carboxylic acids is 1. The van der Waals surface area contributed by atoms with Crippen LogP contribution in [0.25, 0.3) is 32.8 Å². The number of pyridine rings is 1. The summed E-state index contributed by atoms with van der Waals surface area (Å²) in [5, 5.41) is 16.8. The zero-order valence-corrected chi connectivity index (χ0v) is 16.9. The lowest BCUT2D eigenvalue weighted by molar-refractivity contribution is -0.384. The number of para-hydroxylation sites is 1. The highest BCUT2D eigenvalue weighted by Gasteiger charge is 2.14. The molecular formula is C26H17N3O3. The molecule has 0 aliphatic rings. The molecule has 154 valence electrons. The van der Waals surface area contributed by atoms with Crippen LogP contribution >= 0.6 is 0 Å². The lowest BCUT2D eigenvalue weighted by Crippen LogP contribution is -2.14. The van der Waals surface area contributed by atoms with Crippen LogP contribution < -0.4 is 5.32 Å². The summed E-state index contributed by atoms with van der Waals surface area (Å²) in [7, 11) is 0. The second kappa shape index (κ2) is 7.92. The Morgan fingerprint density at radius 1 is 0.781 bits per heavy atom. The maximum absolute atomic E-state index is 13.0. The van der Waals surface area contributed by atoms with E-state index in [4.69, 9.17) is 0 Å². The van der Waals surface area contributed by atoms with E-state index in [1.54, 1.807) is 18.2 Å². The van der Waals surface area contributed by atoms with Crippen molar-refractivity contribution in [2.45, 2.75) is 0 Å². The molecule has 1 aromatic heterocycles. The summed E-state index contributed by atoms with van der Waals surface area (Å²) in [6.45, 7) is 0. The first-order chi connectivity index (χ1) is 15.6. The van der Waals surface area contributed by atoms with Gasteiger partial charge in [0, 0.05) is 28.6 Å². The molecule has 1 N–H and O–H groups in total. The average molecular weight is 419 g/mol. The van der Waals surface area contributed by atoms with Crippen LogP contribution in [0.5, 0.6) is 0 Å². The minimum atomic E-state index is -0.422. The number of hydrogen-bond donors (Lipinski definition) is 1. The summed E-state index contributed by atoms with van der Waals surface area (Å²) in [6, 6.07) is 29.1. The summed E-state index contributed by atoms with van der Waals surface area (Å²) in [5.74, 6) is -0.304. The van der Waals surface area contributed by atoms with Gasteiger partial charge in [-0.25, -0.2) is 4.98 Å². The van der Waals surface area contributed by atoms with Crippen LogP contribution in [0.2, 0.25) is 0 Å². The predicted octanol–water partition coefficient (Wildman–Crippen LogP) is 6.22. The lowest BCUT2D eigenvalue weighted by atomic mass is 9.96. The molecule has 0 fully saturated rings. The van der Waals surface area contributed by atoms with Crippen molar-refractivity contribution in [3.05, 3.63) is 113 Å². The molecule has 0 saturated heterocycles. The molecule has 1 heterocycles. The van der Waals surface area contributed by atoms with Crippen molar-refractivity contribution < 1.29 is 9.72 Å². The molecule has 6 heteroatoms. The number of nitro benzene ring substituents is 1. The highest BCUT2D eigenvalue weighted by Crippen LogP contribution is 2.35. The SMILES string of the molecule is O=C(Nc1cccc2cccc(-c3ccc([N+](=O)[O-])cc3)c12)c1ccc2ccccc2n1. The van der Waals surface area contributed by atoms with E-state index in [1.807, 2.05) is 66.7 Å². The second-order valence-corrected chi connectivity index (χ2v) is 7.36. The van der Waals surface area contributed by atoms with Crippen molar-refractivity contribution in [3.63, 3.8) is 0 Å². The molecule has 0 bridgehead atoms. The minimum absolute atomic E-state index is 0.0323. The normalized spacial score (nSPS) is 10.9. The number of nitro groups is 1. The molecule has 5 aromatic rings. The van der Waals surface area contributed by atoms with Crippen LogP contribution in [0.15, 0.2) is 97.1 Å². The van der Waals surface area contributed by atoms with Gasteiger partial charge >= 0.3 is 0 Å². The second-order valence-electron chi connectivity index (χ2n) is 7.36. The Morgan fingerprint density at radius 2 is 1.50 bits per heavy atom. The largest absolute Gasteiger partial charge is 0.320 e. The number of carbonyl (C=O) groups is 1. The molecule has 0 radical (unpaired) electrons. The predicted molar refractivity (Wildman–Crippen MR) is 126 cm³/mol. The first-order valence-corrected chi connectivity index (χ1v) is 10.0. The van der Waals surface area contributed by atoms with E-state index >= 15 is 0 Å². The highest BCUT2D eigenvalue weighted by atomic mass is 16.6. The number of aromatic nitrogens is 1. The van der Waals surface area contributed by atoms with Gasteiger partial charge in [-0.1, -0.05) is 54.6 Å². The molecule has 32 heavy (non-hydrogen) atoms. The molecule has 0 aliphatic carbocycles. The van der Waals surface area contributed by atoms with Crippen LogP contribution in [0.4, 0.5) is 11.4 Å². The van der Waals surface area contributed by atoms with Gasteiger partial charge in [0.25, 0.3) is 11.6 Å². The Morgan fingerprint density at radius 3 is 2.28 bits per heavy atom. The lowest BCUT2D eigenvalue weighted by Gasteiger charge is -2.13. The molecule has 0 unspecified atom stereocenters. The zero-order chi connectivity index (χ0) is 22.1. The quantitative estimate of drug-likeness (QED) is 0.277. The van der Waals surface area contributed by atoms with Gasteiger partial charge < -0.3 is 5.32 Å². The molecular weight excluding hydrogens is 402 g/mol. The summed E-state index contributed by atoms with van der Waals surface area (Å²) in [6.07, 6.45) is 0. The number of nitrogens with one attached hydrogen (secondary N) is 1. The van der Waals surface area contributed by atoms with Gasteiger partial charge in [0.05, 0.1) is 10.4 Å². The molecule has 0 atom stereocenters. The van der Waals surface area contributed by atoms with Gasteiger partial charge in [-0.3, -0.25) is 14.9 Å². The van der Waals surface area contributed by atoms with Crippen LogP contribution in [-0.2, 0) is 0 Å². The van der Waals surface area contributed by atoms with Crippen LogP contribution in [0, 0.1) is 10.1 Å². The molecule has 1 amide bonds. The third-order valence-corrected chi connectivity index (χ3v) is 5.37. The smallest absolute Gasteiger partial charge is 0.274 e. The standard InChI is InChI=1S/C26H17N3O3/c30-26(24-16-13-18-5-1-2-9-22(18)27-24)28-23-10-4-7-19-6-3-8-21(25(19)23)17-11-14-20(15-12-17)29(31)32/h1-16H,(H,28,30). The van der Waals surface area contributed by atoms with Crippen LogP contribution in [0.1, 0.15) is 10.5 Å². The van der Waals surface area contributed by atoms with Gasteiger partial charge in [-0.2, -0.15) is 0 Å². The van der Waals surface area contributed by atoms with Gasteiger partial charge in [0.1, 0.15) is 5.69 Å². The van der Waals surface area contributed by atoms with Crippen molar-refractivity contribution in [2.75, 3.05) is 5.32 Å². The summed E-state index contributed by atoms with van der Waals surface area (Å²) >= 11 is 0. The van der Waals surface area contributed by atoms with E-state index in [0.717, 1.165) is 32.8 Å².